The fourth-order valence-electron chi connectivity index (χ4n) is 1.55. The van der Waals surface area contributed by atoms with Crippen molar-refractivity contribution in [1.82, 2.24) is 9.78 Å². The summed E-state index contributed by atoms with van der Waals surface area (Å²) >= 11 is 0. The number of nitrogens with two attached hydrogens (primary N) is 1. The van der Waals surface area contributed by atoms with Gasteiger partial charge in [-0.25, -0.2) is 0 Å². The molecule has 0 aliphatic heterocycles. The Kier molecular flexibility index (Phi) is 2.36. The van der Waals surface area contributed by atoms with Gasteiger partial charge in [0, 0.05) is 18.2 Å². The molecule has 16 heavy (non-hydrogen) atoms. The lowest BCUT2D eigenvalue weighted by Crippen LogP contribution is -1.98. The maximum absolute atomic E-state index is 10.9. The average Bonchev–Trinajstić information content (AvgIpc) is 2.60. The Hall–Kier alpha value is -2.30. The van der Waals surface area contributed by atoms with Gasteiger partial charge in [-0.05, 0) is 23.8 Å². The number of rotatable bonds is 2. The number of carbonyl (C=O) groups excluding carboxylic acids is 1. The lowest BCUT2D eigenvalue weighted by Gasteiger charge is -2.04. The standard InChI is InChI=1S/C11H11N3O2/c1-14-11(12)10(5-13-14)9-3-2-8(16)4-7(9)6-15/h2-6,16H,12H2,1H3. The molecule has 0 fully saturated rings. The smallest absolute Gasteiger partial charge is 0.150 e. The molecule has 1 heterocycles. The predicted molar refractivity (Wildman–Crippen MR) is 60.1 cm³/mol. The molecule has 1 aromatic heterocycles. The minimum Gasteiger partial charge on any atom is -0.508 e. The second-order valence-corrected chi connectivity index (χ2v) is 3.46. The normalized spacial score (nSPS) is 10.3. The number of aryl methyl sites for hydroxylation is 1. The summed E-state index contributed by atoms with van der Waals surface area (Å²) in [5.74, 6) is 0.530. The molecule has 2 rings (SSSR count). The van der Waals surface area contributed by atoms with E-state index >= 15 is 0 Å². The van der Waals surface area contributed by atoms with Gasteiger partial charge in [-0.2, -0.15) is 5.10 Å². The van der Waals surface area contributed by atoms with E-state index in [9.17, 15) is 9.90 Å². The number of aromatic nitrogens is 2. The van der Waals surface area contributed by atoms with Gasteiger partial charge in [0.25, 0.3) is 0 Å². The number of hydrogen-bond acceptors (Lipinski definition) is 4. The number of anilines is 1. The van der Waals surface area contributed by atoms with Gasteiger partial charge < -0.3 is 10.8 Å². The highest BCUT2D eigenvalue weighted by molar-refractivity contribution is 5.90. The van der Waals surface area contributed by atoms with E-state index in [1.807, 2.05) is 0 Å². The van der Waals surface area contributed by atoms with E-state index in [1.54, 1.807) is 19.3 Å². The molecule has 0 amide bonds. The fraction of sp³-hybridized carbons (Fsp3) is 0.0909. The van der Waals surface area contributed by atoms with Crippen molar-refractivity contribution >= 4 is 12.1 Å². The first-order chi connectivity index (χ1) is 7.63. The first-order valence-corrected chi connectivity index (χ1v) is 4.69. The van der Waals surface area contributed by atoms with Crippen molar-refractivity contribution in [2.45, 2.75) is 0 Å². The minimum absolute atomic E-state index is 0.0494. The van der Waals surface area contributed by atoms with E-state index in [-0.39, 0.29) is 5.75 Å². The maximum atomic E-state index is 10.9. The number of nitrogen functional groups attached to an aromatic ring is 1. The zero-order valence-corrected chi connectivity index (χ0v) is 8.71. The number of aldehydes is 1. The number of aromatic hydroxyl groups is 1. The summed E-state index contributed by atoms with van der Waals surface area (Å²) in [5, 5.41) is 13.3. The Bertz CT molecular complexity index is 546. The maximum Gasteiger partial charge on any atom is 0.150 e. The quantitative estimate of drug-likeness (QED) is 0.740. The first kappa shape index (κ1) is 10.2. The van der Waals surface area contributed by atoms with Crippen molar-refractivity contribution in [3.8, 4) is 16.9 Å². The topological polar surface area (TPSA) is 81.1 Å². The summed E-state index contributed by atoms with van der Waals surface area (Å²) in [6.45, 7) is 0. The first-order valence-electron chi connectivity index (χ1n) is 4.69. The molecule has 0 aliphatic rings. The van der Waals surface area contributed by atoms with Crippen LogP contribution in [-0.4, -0.2) is 21.2 Å². The van der Waals surface area contributed by atoms with Crippen LogP contribution in [0.15, 0.2) is 24.4 Å². The van der Waals surface area contributed by atoms with Gasteiger partial charge >= 0.3 is 0 Å². The molecule has 0 bridgehead atoms. The van der Waals surface area contributed by atoms with Gasteiger partial charge in [0.15, 0.2) is 6.29 Å². The molecule has 0 aliphatic carbocycles. The summed E-state index contributed by atoms with van der Waals surface area (Å²) in [6, 6.07) is 4.55. The molecular weight excluding hydrogens is 206 g/mol. The second-order valence-electron chi connectivity index (χ2n) is 3.46. The highest BCUT2D eigenvalue weighted by atomic mass is 16.3. The van der Waals surface area contributed by atoms with Crippen molar-refractivity contribution < 1.29 is 9.90 Å². The van der Waals surface area contributed by atoms with E-state index < -0.39 is 0 Å². The number of benzene rings is 1. The summed E-state index contributed by atoms with van der Waals surface area (Å²) < 4.78 is 1.52. The molecule has 0 atom stereocenters. The molecule has 0 radical (unpaired) electrons. The molecule has 0 saturated carbocycles. The molecule has 0 spiro atoms. The largest absolute Gasteiger partial charge is 0.508 e. The number of carbonyl (C=O) groups is 1. The van der Waals surface area contributed by atoms with Crippen molar-refractivity contribution in [2.24, 2.45) is 7.05 Å². The third-order valence-corrected chi connectivity index (χ3v) is 2.44. The van der Waals surface area contributed by atoms with E-state index in [0.717, 1.165) is 0 Å². The van der Waals surface area contributed by atoms with E-state index in [1.165, 1.54) is 16.8 Å². The van der Waals surface area contributed by atoms with Gasteiger partial charge in [-0.1, -0.05) is 0 Å². The number of phenols is 1. The lowest BCUT2D eigenvalue weighted by atomic mass is 10.0. The van der Waals surface area contributed by atoms with Crippen LogP contribution in [0.5, 0.6) is 5.75 Å². The number of nitrogens with zero attached hydrogens (tertiary/aromatic N) is 2. The number of phenolic OH excluding ortho intramolecular Hbond substituents is 1. The van der Waals surface area contributed by atoms with Gasteiger partial charge in [-0.3, -0.25) is 9.48 Å². The van der Waals surface area contributed by atoms with Crippen LogP contribution in [0.3, 0.4) is 0 Å². The van der Waals surface area contributed by atoms with Crippen LogP contribution >= 0.6 is 0 Å². The van der Waals surface area contributed by atoms with Crippen molar-refractivity contribution in [3.05, 3.63) is 30.0 Å². The molecule has 1 aromatic carbocycles. The minimum atomic E-state index is 0.0494. The molecule has 5 heteroatoms. The van der Waals surface area contributed by atoms with Crippen LogP contribution in [0.1, 0.15) is 10.4 Å². The highest BCUT2D eigenvalue weighted by Gasteiger charge is 2.11. The van der Waals surface area contributed by atoms with Crippen molar-refractivity contribution in [1.29, 1.82) is 0 Å². The van der Waals surface area contributed by atoms with Crippen molar-refractivity contribution in [3.63, 3.8) is 0 Å². The second kappa shape index (κ2) is 3.69. The summed E-state index contributed by atoms with van der Waals surface area (Å²) in [6.07, 6.45) is 2.27. The average molecular weight is 217 g/mol. The predicted octanol–water partition coefficient (Wildman–Crippen LogP) is 1.19. The van der Waals surface area contributed by atoms with Crippen LogP contribution in [0.4, 0.5) is 5.82 Å². The van der Waals surface area contributed by atoms with Crippen LogP contribution < -0.4 is 5.73 Å². The molecule has 0 unspecified atom stereocenters. The monoisotopic (exact) mass is 217 g/mol. The molecule has 0 saturated heterocycles. The summed E-state index contributed by atoms with van der Waals surface area (Å²) in [4.78, 5) is 10.9. The zero-order chi connectivity index (χ0) is 11.7. The van der Waals surface area contributed by atoms with Gasteiger partial charge in [0.1, 0.15) is 11.6 Å². The van der Waals surface area contributed by atoms with E-state index in [2.05, 4.69) is 5.10 Å². The van der Waals surface area contributed by atoms with Crippen LogP contribution in [0.2, 0.25) is 0 Å². The van der Waals surface area contributed by atoms with E-state index in [0.29, 0.717) is 28.8 Å². The SMILES string of the molecule is Cn1ncc(-c2ccc(O)cc2C=O)c1N. The summed E-state index contributed by atoms with van der Waals surface area (Å²) in [7, 11) is 1.72. The van der Waals surface area contributed by atoms with Crippen LogP contribution in [-0.2, 0) is 7.05 Å². The molecular formula is C11H11N3O2. The Labute approximate surface area is 92.1 Å². The Morgan fingerprint density at radius 1 is 1.44 bits per heavy atom. The Morgan fingerprint density at radius 3 is 2.75 bits per heavy atom. The Morgan fingerprint density at radius 2 is 2.19 bits per heavy atom. The molecule has 2 aromatic rings. The number of hydrogen-bond donors (Lipinski definition) is 2. The molecule has 3 N–H and O–H groups in total. The fourth-order valence-corrected chi connectivity index (χ4v) is 1.55. The van der Waals surface area contributed by atoms with E-state index in [4.69, 9.17) is 5.73 Å². The van der Waals surface area contributed by atoms with Crippen LogP contribution in [0.25, 0.3) is 11.1 Å². The third-order valence-electron chi connectivity index (χ3n) is 2.44. The Balaban J connectivity index is 2.64. The van der Waals surface area contributed by atoms with Crippen LogP contribution in [0, 0.1) is 0 Å². The van der Waals surface area contributed by atoms with Gasteiger partial charge in [-0.15, -0.1) is 0 Å². The third kappa shape index (κ3) is 1.52. The van der Waals surface area contributed by atoms with Gasteiger partial charge in [0.05, 0.1) is 6.20 Å². The highest BCUT2D eigenvalue weighted by Crippen LogP contribution is 2.29. The lowest BCUT2D eigenvalue weighted by molar-refractivity contribution is 0.112. The van der Waals surface area contributed by atoms with Crippen molar-refractivity contribution in [2.75, 3.05) is 5.73 Å². The molecule has 5 nitrogen and oxygen atoms in total. The summed E-state index contributed by atoms with van der Waals surface area (Å²) in [5.41, 5.74) is 7.56. The van der Waals surface area contributed by atoms with Gasteiger partial charge in [0.2, 0.25) is 0 Å². The zero-order valence-electron chi connectivity index (χ0n) is 8.71. The molecule has 82 valence electrons.